The SMILES string of the molecule is COc1ccc(C(=O)c2cnn(C)c2OCc2ccc3ccccc3c2)c(OC)c1N=S1(=O)CCCCC1. The van der Waals surface area contributed by atoms with E-state index >= 15 is 0 Å². The Kier molecular flexibility index (Phi) is 7.37. The first-order chi connectivity index (χ1) is 18.4. The normalized spacial score (nSPS) is 14.7. The van der Waals surface area contributed by atoms with E-state index in [0.29, 0.717) is 34.4 Å². The Morgan fingerprint density at radius 1 is 0.974 bits per heavy atom. The molecule has 0 amide bonds. The van der Waals surface area contributed by atoms with Crippen molar-refractivity contribution in [3.63, 3.8) is 0 Å². The van der Waals surface area contributed by atoms with E-state index in [1.165, 1.54) is 25.1 Å². The molecule has 0 aliphatic carbocycles. The van der Waals surface area contributed by atoms with Crippen molar-refractivity contribution in [1.82, 2.24) is 9.78 Å². The van der Waals surface area contributed by atoms with Gasteiger partial charge in [0.2, 0.25) is 11.7 Å². The van der Waals surface area contributed by atoms with Crippen LogP contribution < -0.4 is 14.2 Å². The van der Waals surface area contributed by atoms with Crippen LogP contribution >= 0.6 is 0 Å². The Labute approximate surface area is 222 Å². The molecule has 0 N–H and O–H groups in total. The summed E-state index contributed by atoms with van der Waals surface area (Å²) in [7, 11) is 2.25. The first-order valence-electron chi connectivity index (χ1n) is 12.6. The van der Waals surface area contributed by atoms with Gasteiger partial charge in [-0.3, -0.25) is 4.79 Å². The highest BCUT2D eigenvalue weighted by Gasteiger charge is 2.27. The highest BCUT2D eigenvalue weighted by Crippen LogP contribution is 2.43. The van der Waals surface area contributed by atoms with Crippen LogP contribution in [-0.4, -0.2) is 45.5 Å². The topological polar surface area (TPSA) is 92.0 Å². The van der Waals surface area contributed by atoms with Gasteiger partial charge in [0.05, 0.1) is 35.7 Å². The predicted molar refractivity (Wildman–Crippen MR) is 148 cm³/mol. The van der Waals surface area contributed by atoms with Crippen molar-refractivity contribution in [3.05, 3.63) is 77.5 Å². The van der Waals surface area contributed by atoms with Gasteiger partial charge in [-0.1, -0.05) is 42.8 Å². The van der Waals surface area contributed by atoms with Crippen LogP contribution in [0, 0.1) is 0 Å². The fourth-order valence-electron chi connectivity index (χ4n) is 4.76. The van der Waals surface area contributed by atoms with Crippen molar-refractivity contribution >= 4 is 32.0 Å². The molecular formula is C29H31N3O5S. The van der Waals surface area contributed by atoms with Gasteiger partial charge in [0.25, 0.3) is 0 Å². The monoisotopic (exact) mass is 533 g/mol. The molecule has 0 saturated carbocycles. The first kappa shape index (κ1) is 25.8. The summed E-state index contributed by atoms with van der Waals surface area (Å²) < 4.78 is 36.9. The number of fused-ring (bicyclic) bond motifs is 1. The third kappa shape index (κ3) is 5.11. The minimum Gasteiger partial charge on any atom is -0.494 e. The van der Waals surface area contributed by atoms with Crippen LogP contribution in [0.15, 0.2) is 65.2 Å². The maximum absolute atomic E-state index is 13.8. The van der Waals surface area contributed by atoms with E-state index in [1.807, 2.05) is 24.3 Å². The van der Waals surface area contributed by atoms with Crippen LogP contribution in [0.1, 0.15) is 40.7 Å². The number of ether oxygens (including phenoxy) is 3. The molecule has 38 heavy (non-hydrogen) atoms. The maximum atomic E-state index is 13.8. The number of rotatable bonds is 8. The summed E-state index contributed by atoms with van der Waals surface area (Å²) in [6, 6.07) is 17.5. The number of carbonyl (C=O) groups excluding carboxylic acids is 1. The minimum absolute atomic E-state index is 0.229. The fraction of sp³-hybridized carbons (Fsp3) is 0.310. The first-order valence-corrected chi connectivity index (χ1v) is 14.4. The number of hydrogen-bond donors (Lipinski definition) is 0. The summed E-state index contributed by atoms with van der Waals surface area (Å²) in [5, 5.41) is 6.54. The van der Waals surface area contributed by atoms with Gasteiger partial charge in [0.1, 0.15) is 17.9 Å². The van der Waals surface area contributed by atoms with Crippen LogP contribution in [0.2, 0.25) is 0 Å². The second-order valence-corrected chi connectivity index (χ2v) is 11.9. The largest absolute Gasteiger partial charge is 0.494 e. The van der Waals surface area contributed by atoms with Crippen LogP contribution in [0.3, 0.4) is 0 Å². The van der Waals surface area contributed by atoms with E-state index < -0.39 is 9.73 Å². The lowest BCUT2D eigenvalue weighted by Gasteiger charge is -2.18. The molecule has 0 bridgehead atoms. The Balaban J connectivity index is 1.49. The zero-order chi connectivity index (χ0) is 26.7. The number of ketones is 1. The summed E-state index contributed by atoms with van der Waals surface area (Å²) in [5.74, 6) is 1.69. The molecular weight excluding hydrogens is 502 g/mol. The number of nitrogens with zero attached hydrogens (tertiary/aromatic N) is 3. The molecule has 198 valence electrons. The summed E-state index contributed by atoms with van der Waals surface area (Å²) in [5.41, 5.74) is 1.84. The van der Waals surface area contributed by atoms with Gasteiger partial charge < -0.3 is 14.2 Å². The molecule has 9 heteroatoms. The van der Waals surface area contributed by atoms with E-state index in [0.717, 1.165) is 35.6 Å². The zero-order valence-corrected chi connectivity index (χ0v) is 22.6. The summed E-state index contributed by atoms with van der Waals surface area (Å²) in [6.07, 6.45) is 4.25. The molecule has 2 heterocycles. The average molecular weight is 534 g/mol. The molecule has 1 fully saturated rings. The number of aromatic nitrogens is 2. The molecule has 0 atom stereocenters. The van der Waals surface area contributed by atoms with E-state index in [-0.39, 0.29) is 23.7 Å². The summed E-state index contributed by atoms with van der Waals surface area (Å²) in [6.45, 7) is 0.271. The third-order valence-corrected chi connectivity index (χ3v) is 9.13. The second-order valence-electron chi connectivity index (χ2n) is 9.32. The lowest BCUT2D eigenvalue weighted by Crippen LogP contribution is -2.16. The van der Waals surface area contributed by atoms with Crippen LogP contribution in [0.5, 0.6) is 17.4 Å². The van der Waals surface area contributed by atoms with Crippen molar-refractivity contribution in [2.24, 2.45) is 11.4 Å². The lowest BCUT2D eigenvalue weighted by atomic mass is 10.0. The van der Waals surface area contributed by atoms with Crippen LogP contribution in [-0.2, 0) is 23.4 Å². The molecule has 5 rings (SSSR count). The quantitative estimate of drug-likeness (QED) is 0.271. The minimum atomic E-state index is -2.46. The molecule has 0 unspecified atom stereocenters. The molecule has 0 spiro atoms. The Morgan fingerprint density at radius 2 is 1.74 bits per heavy atom. The number of methoxy groups -OCH3 is 2. The molecule has 3 aromatic carbocycles. The van der Waals surface area contributed by atoms with Crippen molar-refractivity contribution in [2.75, 3.05) is 25.7 Å². The fourth-order valence-corrected chi connectivity index (χ4v) is 6.96. The van der Waals surface area contributed by atoms with Gasteiger partial charge in [0, 0.05) is 18.6 Å². The second kappa shape index (κ2) is 10.9. The molecule has 1 aliphatic rings. The van der Waals surface area contributed by atoms with Crippen molar-refractivity contribution < 1.29 is 23.2 Å². The highest BCUT2D eigenvalue weighted by molar-refractivity contribution is 7.93. The standard InChI is InChI=1S/C29H31N3O5S/c1-32-29(37-19-20-11-12-21-9-5-6-10-22(21)17-20)24(18-30-32)27(33)23-13-14-25(35-2)26(28(23)36-3)31-38(34)15-7-4-8-16-38/h5-6,9-14,17-18H,4,7-8,15-16,19H2,1-3H3. The summed E-state index contributed by atoms with van der Waals surface area (Å²) in [4.78, 5) is 13.8. The average Bonchev–Trinajstić information content (AvgIpc) is 3.31. The van der Waals surface area contributed by atoms with E-state index in [4.69, 9.17) is 14.2 Å². The molecule has 4 aromatic rings. The predicted octanol–water partition coefficient (Wildman–Crippen LogP) is 5.68. The third-order valence-electron chi connectivity index (χ3n) is 6.77. The molecule has 1 aromatic heterocycles. The van der Waals surface area contributed by atoms with Crippen LogP contribution in [0.4, 0.5) is 5.69 Å². The Morgan fingerprint density at radius 3 is 2.47 bits per heavy atom. The van der Waals surface area contributed by atoms with E-state index in [9.17, 15) is 9.00 Å². The highest BCUT2D eigenvalue weighted by atomic mass is 32.2. The van der Waals surface area contributed by atoms with Crippen LogP contribution in [0.25, 0.3) is 10.8 Å². The lowest BCUT2D eigenvalue weighted by molar-refractivity contribution is 0.103. The molecule has 1 saturated heterocycles. The number of carbonyl (C=O) groups is 1. The zero-order valence-electron chi connectivity index (χ0n) is 21.8. The van der Waals surface area contributed by atoms with Gasteiger partial charge >= 0.3 is 0 Å². The number of aryl methyl sites for hydroxylation is 1. The van der Waals surface area contributed by atoms with Gasteiger partial charge in [-0.2, -0.15) is 9.46 Å². The smallest absolute Gasteiger partial charge is 0.223 e. The van der Waals surface area contributed by atoms with E-state index in [2.05, 4.69) is 27.7 Å². The van der Waals surface area contributed by atoms with Crippen molar-refractivity contribution in [2.45, 2.75) is 25.9 Å². The number of hydrogen-bond acceptors (Lipinski definition) is 7. The Hall–Kier alpha value is -3.85. The van der Waals surface area contributed by atoms with Crippen molar-refractivity contribution in [3.8, 4) is 17.4 Å². The van der Waals surface area contributed by atoms with E-state index in [1.54, 1.807) is 19.2 Å². The molecule has 8 nitrogen and oxygen atoms in total. The van der Waals surface area contributed by atoms with Gasteiger partial charge in [-0.15, -0.1) is 0 Å². The Bertz CT molecular complexity index is 1610. The molecule has 1 aliphatic heterocycles. The van der Waals surface area contributed by atoms with Crippen molar-refractivity contribution in [1.29, 1.82) is 0 Å². The van der Waals surface area contributed by atoms with Gasteiger partial charge in [-0.05, 0) is 47.4 Å². The summed E-state index contributed by atoms with van der Waals surface area (Å²) >= 11 is 0. The number of benzene rings is 3. The van der Waals surface area contributed by atoms with Gasteiger partial charge in [-0.25, -0.2) is 8.89 Å². The molecule has 0 radical (unpaired) electrons. The maximum Gasteiger partial charge on any atom is 0.223 e. The van der Waals surface area contributed by atoms with Gasteiger partial charge in [0.15, 0.2) is 11.4 Å².